The number of alkyl carbamates (subject to hydrolysis) is 1. The van der Waals surface area contributed by atoms with Gasteiger partial charge in [0.25, 0.3) is 5.91 Å². The number of fused-ring (bicyclic) bond motifs is 1. The number of rotatable bonds is 10. The van der Waals surface area contributed by atoms with E-state index in [1.807, 2.05) is 38.2 Å². The van der Waals surface area contributed by atoms with Crippen molar-refractivity contribution in [3.05, 3.63) is 54.1 Å². The number of hydrogen-bond acceptors (Lipinski definition) is 9. The Balaban J connectivity index is 1.63. The van der Waals surface area contributed by atoms with Gasteiger partial charge in [-0.1, -0.05) is 0 Å². The lowest BCUT2D eigenvalue weighted by molar-refractivity contribution is 0.0524. The number of anilines is 4. The third-order valence-corrected chi connectivity index (χ3v) is 5.96. The van der Waals surface area contributed by atoms with Crippen LogP contribution in [-0.2, 0) is 18.3 Å². The Kier molecular flexibility index (Phi) is 8.31. The summed E-state index contributed by atoms with van der Waals surface area (Å²) in [5.41, 5.74) is 6.27. The minimum Gasteiger partial charge on any atom is -0.444 e. The molecule has 5 N–H and O–H groups in total. The van der Waals surface area contributed by atoms with Crippen molar-refractivity contribution in [1.82, 2.24) is 29.9 Å². The van der Waals surface area contributed by atoms with Gasteiger partial charge in [-0.2, -0.15) is 10.2 Å². The van der Waals surface area contributed by atoms with E-state index in [-0.39, 0.29) is 30.3 Å². The van der Waals surface area contributed by atoms with E-state index in [1.165, 1.54) is 0 Å². The average Bonchev–Trinajstić information content (AvgIpc) is 3.50. The van der Waals surface area contributed by atoms with E-state index in [1.54, 1.807) is 54.7 Å². The van der Waals surface area contributed by atoms with Crippen molar-refractivity contribution in [2.75, 3.05) is 36.2 Å². The number of amides is 2. The molecule has 41 heavy (non-hydrogen) atoms. The number of carbonyl (C=O) groups is 2. The molecule has 4 rings (SSSR count). The molecule has 14 heteroatoms. The molecule has 3 heterocycles. The molecule has 1 aromatic carbocycles. The first-order valence-corrected chi connectivity index (χ1v) is 12.9. The van der Waals surface area contributed by atoms with Crippen LogP contribution in [0.25, 0.3) is 10.9 Å². The molecule has 0 bridgehead atoms. The molecule has 13 nitrogen and oxygen atoms in total. The Bertz CT molecular complexity index is 1540. The number of nitrogens with one attached hydrogen (secondary N) is 3. The fraction of sp³-hybridized carbons (Fsp3) is 0.370. The van der Waals surface area contributed by atoms with Gasteiger partial charge in [0.05, 0.1) is 23.7 Å². The summed E-state index contributed by atoms with van der Waals surface area (Å²) in [6.45, 7) is 5.62. The second-order valence-electron chi connectivity index (χ2n) is 10.7. The number of halogens is 1. The number of primary amides is 1. The highest BCUT2D eigenvalue weighted by atomic mass is 19.1. The van der Waals surface area contributed by atoms with Gasteiger partial charge in [-0.15, -0.1) is 0 Å². The zero-order chi connectivity index (χ0) is 29.9. The zero-order valence-electron chi connectivity index (χ0n) is 23.9. The molecule has 0 aliphatic carbocycles. The van der Waals surface area contributed by atoms with Gasteiger partial charge < -0.3 is 31.3 Å². The SMILES string of the molecule is CN(C)c1nn(C)c2ccc(Nc3nc(N[C@@H](CNC(=O)OC(C)(C)C)Cn4cccn4)c(F)cc3C(N)=O)cc12. The topological polar surface area (TPSA) is 157 Å². The van der Waals surface area contributed by atoms with Gasteiger partial charge in [0.2, 0.25) is 0 Å². The molecular weight excluding hydrogens is 531 g/mol. The van der Waals surface area contributed by atoms with E-state index in [9.17, 15) is 9.59 Å². The summed E-state index contributed by atoms with van der Waals surface area (Å²) in [6.07, 6.45) is 2.74. The molecule has 0 radical (unpaired) electrons. The molecule has 0 saturated carbocycles. The quantitative estimate of drug-likeness (QED) is 0.226. The van der Waals surface area contributed by atoms with Crippen molar-refractivity contribution in [3.8, 4) is 0 Å². The van der Waals surface area contributed by atoms with Crippen LogP contribution in [0.2, 0.25) is 0 Å². The van der Waals surface area contributed by atoms with E-state index in [0.717, 1.165) is 22.8 Å². The number of benzene rings is 1. The van der Waals surface area contributed by atoms with Crippen LogP contribution in [0, 0.1) is 5.82 Å². The number of nitrogens with zero attached hydrogens (tertiary/aromatic N) is 6. The molecule has 218 valence electrons. The van der Waals surface area contributed by atoms with Crippen molar-refractivity contribution >= 4 is 46.0 Å². The largest absolute Gasteiger partial charge is 0.444 e. The molecule has 0 fully saturated rings. The van der Waals surface area contributed by atoms with Gasteiger partial charge in [0.15, 0.2) is 17.5 Å². The number of aromatic nitrogens is 5. The van der Waals surface area contributed by atoms with Crippen molar-refractivity contribution in [3.63, 3.8) is 0 Å². The predicted molar refractivity (Wildman–Crippen MR) is 155 cm³/mol. The van der Waals surface area contributed by atoms with Crippen LogP contribution in [0.1, 0.15) is 31.1 Å². The maximum Gasteiger partial charge on any atom is 0.407 e. The van der Waals surface area contributed by atoms with Crippen LogP contribution in [0.15, 0.2) is 42.7 Å². The Morgan fingerprint density at radius 2 is 1.95 bits per heavy atom. The first-order chi connectivity index (χ1) is 19.3. The molecule has 1 atom stereocenters. The number of ether oxygens (including phenoxy) is 1. The van der Waals surface area contributed by atoms with Crippen molar-refractivity contribution in [1.29, 1.82) is 0 Å². The highest BCUT2D eigenvalue weighted by Crippen LogP contribution is 2.30. The third-order valence-electron chi connectivity index (χ3n) is 5.96. The van der Waals surface area contributed by atoms with Gasteiger partial charge in [-0.05, 0) is 51.1 Å². The number of nitrogens with two attached hydrogens (primary N) is 1. The molecule has 4 aromatic rings. The van der Waals surface area contributed by atoms with Crippen LogP contribution >= 0.6 is 0 Å². The Morgan fingerprint density at radius 3 is 2.59 bits per heavy atom. The van der Waals surface area contributed by atoms with Gasteiger partial charge in [-0.25, -0.2) is 14.2 Å². The molecule has 0 aliphatic rings. The minimum absolute atomic E-state index is 0.0639. The number of aryl methyl sites for hydroxylation is 1. The predicted octanol–water partition coefficient (Wildman–Crippen LogP) is 3.22. The van der Waals surface area contributed by atoms with E-state index < -0.39 is 29.5 Å². The summed E-state index contributed by atoms with van der Waals surface area (Å²) in [4.78, 5) is 30.8. The first kappa shape index (κ1) is 29.1. The normalized spacial score (nSPS) is 12.2. The zero-order valence-corrected chi connectivity index (χ0v) is 23.9. The lowest BCUT2D eigenvalue weighted by atomic mass is 10.2. The standard InChI is InChI=1S/C27H35FN10O3/c1-27(2,3)41-26(40)30-14-17(15-38-11-7-10-31-38)33-24-20(28)13-19(22(29)39)23(34-24)32-16-8-9-21-18(12-16)25(36(4)5)35-37(21)6/h7-13,17H,14-15H2,1-6H3,(H2,29,39)(H,30,40)(H2,32,33,34)/t17-/m0/s1. The maximum atomic E-state index is 15.2. The van der Waals surface area contributed by atoms with Crippen molar-refractivity contribution in [2.45, 2.75) is 39.0 Å². The summed E-state index contributed by atoms with van der Waals surface area (Å²) < 4.78 is 24.0. The van der Waals surface area contributed by atoms with Gasteiger partial charge >= 0.3 is 6.09 Å². The summed E-state index contributed by atoms with van der Waals surface area (Å²) in [5, 5.41) is 18.4. The van der Waals surface area contributed by atoms with Crippen molar-refractivity contribution < 1.29 is 18.7 Å². The summed E-state index contributed by atoms with van der Waals surface area (Å²) >= 11 is 0. The van der Waals surface area contributed by atoms with E-state index >= 15 is 4.39 Å². The molecule has 0 unspecified atom stereocenters. The minimum atomic E-state index is -0.846. The Hall–Kier alpha value is -4.88. The fourth-order valence-electron chi connectivity index (χ4n) is 4.17. The van der Waals surface area contributed by atoms with Crippen LogP contribution in [0.3, 0.4) is 0 Å². The van der Waals surface area contributed by atoms with Gasteiger partial charge in [-0.3, -0.25) is 14.2 Å². The second kappa shape index (κ2) is 11.7. The first-order valence-electron chi connectivity index (χ1n) is 12.9. The Morgan fingerprint density at radius 1 is 1.20 bits per heavy atom. The van der Waals surface area contributed by atoms with E-state index in [4.69, 9.17) is 10.5 Å². The highest BCUT2D eigenvalue weighted by molar-refractivity contribution is 5.99. The number of carbonyl (C=O) groups excluding carboxylic acids is 2. The Labute approximate surface area is 236 Å². The van der Waals surface area contributed by atoms with Crippen LogP contribution in [-0.4, -0.2) is 68.8 Å². The highest BCUT2D eigenvalue weighted by Gasteiger charge is 2.22. The lowest BCUT2D eigenvalue weighted by Gasteiger charge is -2.23. The summed E-state index contributed by atoms with van der Waals surface area (Å²) in [5.74, 6) is -0.952. The molecular formula is C27H35FN10O3. The molecule has 0 aliphatic heterocycles. The monoisotopic (exact) mass is 566 g/mol. The average molecular weight is 567 g/mol. The van der Waals surface area contributed by atoms with Crippen LogP contribution in [0.4, 0.5) is 32.3 Å². The fourth-order valence-corrected chi connectivity index (χ4v) is 4.17. The number of hydrogen-bond donors (Lipinski definition) is 4. The second-order valence-corrected chi connectivity index (χ2v) is 10.7. The maximum absolute atomic E-state index is 15.2. The van der Waals surface area contributed by atoms with E-state index in [2.05, 4.69) is 31.1 Å². The van der Waals surface area contributed by atoms with Gasteiger partial charge in [0, 0.05) is 51.2 Å². The molecule has 0 saturated heterocycles. The van der Waals surface area contributed by atoms with E-state index in [0.29, 0.717) is 5.69 Å². The third kappa shape index (κ3) is 7.21. The van der Waals surface area contributed by atoms with Crippen LogP contribution < -0.4 is 26.6 Å². The molecule has 0 spiro atoms. The van der Waals surface area contributed by atoms with Crippen LogP contribution in [0.5, 0.6) is 0 Å². The smallest absolute Gasteiger partial charge is 0.407 e. The molecule has 3 aromatic heterocycles. The summed E-state index contributed by atoms with van der Waals surface area (Å²) in [7, 11) is 5.64. The number of pyridine rings is 1. The lowest BCUT2D eigenvalue weighted by Crippen LogP contribution is -2.41. The molecule has 2 amide bonds. The summed E-state index contributed by atoms with van der Waals surface area (Å²) in [6, 6.07) is 7.78. The van der Waals surface area contributed by atoms with Crippen molar-refractivity contribution in [2.24, 2.45) is 12.8 Å². The van der Waals surface area contributed by atoms with Gasteiger partial charge in [0.1, 0.15) is 11.4 Å².